The van der Waals surface area contributed by atoms with Gasteiger partial charge in [-0.3, -0.25) is 4.98 Å². The van der Waals surface area contributed by atoms with Crippen LogP contribution in [-0.2, 0) is 23.1 Å². The van der Waals surface area contributed by atoms with Crippen LogP contribution >= 0.6 is 0 Å². The number of sulfonamides is 1. The Bertz CT molecular complexity index is 895. The van der Waals surface area contributed by atoms with Crippen LogP contribution in [0.15, 0.2) is 24.5 Å². The van der Waals surface area contributed by atoms with Crippen molar-refractivity contribution in [3.8, 4) is 11.4 Å². The second kappa shape index (κ2) is 6.90. The fourth-order valence-corrected chi connectivity index (χ4v) is 4.39. The molecular weight excluding hydrogens is 352 g/mol. The van der Waals surface area contributed by atoms with Gasteiger partial charge in [-0.25, -0.2) is 23.1 Å². The van der Waals surface area contributed by atoms with Crippen molar-refractivity contribution in [1.82, 2.24) is 25.0 Å². The topological polar surface area (TPSA) is 100 Å². The Balaban J connectivity index is 1.60. The van der Waals surface area contributed by atoms with E-state index in [-0.39, 0.29) is 6.04 Å². The van der Waals surface area contributed by atoms with E-state index >= 15 is 0 Å². The number of hydrogen-bond donors (Lipinski definition) is 2. The summed E-state index contributed by atoms with van der Waals surface area (Å²) in [7, 11) is -3.17. The molecule has 0 amide bonds. The van der Waals surface area contributed by atoms with Crippen LogP contribution in [0, 0.1) is 0 Å². The lowest BCUT2D eigenvalue weighted by Crippen LogP contribution is -2.44. The second-order valence-electron chi connectivity index (χ2n) is 6.79. The number of fused-ring (bicyclic) bond motifs is 1. The number of piperidine rings is 1. The van der Waals surface area contributed by atoms with E-state index in [1.165, 1.54) is 6.26 Å². The van der Waals surface area contributed by atoms with Crippen molar-refractivity contribution in [3.63, 3.8) is 0 Å². The molecule has 0 spiro atoms. The average Bonchev–Trinajstić information content (AvgIpc) is 3.10. The zero-order chi connectivity index (χ0) is 18.1. The molecular formula is C17H22N6O2S. The number of aromatic nitrogens is 3. The zero-order valence-electron chi connectivity index (χ0n) is 14.6. The summed E-state index contributed by atoms with van der Waals surface area (Å²) in [5.74, 6) is 1.64. The van der Waals surface area contributed by atoms with Crippen molar-refractivity contribution in [2.45, 2.75) is 32.0 Å². The Morgan fingerprint density at radius 2 is 2.04 bits per heavy atom. The second-order valence-corrected chi connectivity index (χ2v) is 8.57. The fraction of sp³-hybridized carbons (Fsp3) is 0.471. The molecule has 26 heavy (non-hydrogen) atoms. The highest BCUT2D eigenvalue weighted by Gasteiger charge is 2.27. The number of anilines is 1. The van der Waals surface area contributed by atoms with Gasteiger partial charge in [0.15, 0.2) is 5.82 Å². The van der Waals surface area contributed by atoms with Gasteiger partial charge in [0.05, 0.1) is 11.9 Å². The van der Waals surface area contributed by atoms with Gasteiger partial charge >= 0.3 is 0 Å². The van der Waals surface area contributed by atoms with Crippen molar-refractivity contribution in [1.29, 1.82) is 0 Å². The van der Waals surface area contributed by atoms with Crippen LogP contribution in [-0.4, -0.2) is 48.8 Å². The average molecular weight is 374 g/mol. The lowest BCUT2D eigenvalue weighted by atomic mass is 10.1. The summed E-state index contributed by atoms with van der Waals surface area (Å²) in [6.07, 6.45) is 6.25. The molecule has 0 aliphatic carbocycles. The van der Waals surface area contributed by atoms with Crippen LogP contribution in [0.2, 0.25) is 0 Å². The molecule has 0 radical (unpaired) electrons. The van der Waals surface area contributed by atoms with Crippen molar-refractivity contribution >= 4 is 15.8 Å². The van der Waals surface area contributed by atoms with E-state index in [4.69, 9.17) is 9.97 Å². The largest absolute Gasteiger partial charge is 0.356 e. The van der Waals surface area contributed by atoms with Crippen molar-refractivity contribution < 1.29 is 8.42 Å². The van der Waals surface area contributed by atoms with Crippen LogP contribution in [0.1, 0.15) is 24.1 Å². The Morgan fingerprint density at radius 3 is 2.73 bits per heavy atom. The first kappa shape index (κ1) is 17.3. The molecule has 2 N–H and O–H groups in total. The van der Waals surface area contributed by atoms with Crippen molar-refractivity contribution in [3.05, 3.63) is 35.8 Å². The summed E-state index contributed by atoms with van der Waals surface area (Å²) in [6.45, 7) is 3.04. The molecule has 0 unspecified atom stereocenters. The summed E-state index contributed by atoms with van der Waals surface area (Å²) >= 11 is 0. The molecule has 4 rings (SSSR count). The lowest BCUT2D eigenvalue weighted by molar-refractivity contribution is 0.459. The van der Waals surface area contributed by atoms with E-state index < -0.39 is 10.0 Å². The monoisotopic (exact) mass is 374 g/mol. The summed E-state index contributed by atoms with van der Waals surface area (Å²) in [5.41, 5.74) is 3.08. The zero-order valence-corrected chi connectivity index (χ0v) is 15.5. The Labute approximate surface area is 153 Å². The van der Waals surface area contributed by atoms with Crippen molar-refractivity contribution in [2.24, 2.45) is 0 Å². The number of nitrogens with one attached hydrogen (secondary N) is 2. The predicted octanol–water partition coefficient (Wildman–Crippen LogP) is 0.660. The van der Waals surface area contributed by atoms with E-state index in [1.54, 1.807) is 12.4 Å². The van der Waals surface area contributed by atoms with Gasteiger partial charge in [0.1, 0.15) is 5.82 Å². The molecule has 1 fully saturated rings. The molecule has 138 valence electrons. The van der Waals surface area contributed by atoms with Crippen LogP contribution in [0.3, 0.4) is 0 Å². The van der Waals surface area contributed by atoms with Gasteiger partial charge in [0, 0.05) is 55.7 Å². The minimum absolute atomic E-state index is 0.00736. The summed E-state index contributed by atoms with van der Waals surface area (Å²) < 4.78 is 25.6. The van der Waals surface area contributed by atoms with Gasteiger partial charge in [-0.05, 0) is 25.0 Å². The number of pyridine rings is 1. The SMILES string of the molecule is CS(=O)(=O)NC1CCN(c2nc(-c3cccnc3)nc3c2CNC3)CC1. The molecule has 0 atom stereocenters. The van der Waals surface area contributed by atoms with Gasteiger partial charge in [-0.1, -0.05) is 0 Å². The van der Waals surface area contributed by atoms with E-state index in [0.717, 1.165) is 61.7 Å². The molecule has 0 bridgehead atoms. The number of nitrogens with zero attached hydrogens (tertiary/aromatic N) is 4. The Hall–Kier alpha value is -2.10. The van der Waals surface area contributed by atoms with Gasteiger partial charge < -0.3 is 10.2 Å². The standard InChI is InChI=1S/C17H22N6O2S/c1-26(24,25)22-13-4-7-23(8-5-13)17-14-10-19-11-15(14)20-16(21-17)12-3-2-6-18-9-12/h2-3,6,9,13,19,22H,4-5,7-8,10-11H2,1H3. The third-order valence-electron chi connectivity index (χ3n) is 4.76. The minimum Gasteiger partial charge on any atom is -0.356 e. The first-order chi connectivity index (χ1) is 12.5. The smallest absolute Gasteiger partial charge is 0.208 e. The highest BCUT2D eigenvalue weighted by atomic mass is 32.2. The third kappa shape index (κ3) is 3.69. The van der Waals surface area contributed by atoms with E-state index in [0.29, 0.717) is 5.82 Å². The quantitative estimate of drug-likeness (QED) is 0.811. The van der Waals surface area contributed by atoms with Crippen LogP contribution in [0.25, 0.3) is 11.4 Å². The molecule has 2 aromatic rings. The van der Waals surface area contributed by atoms with Gasteiger partial charge in [0.2, 0.25) is 10.0 Å². The fourth-order valence-electron chi connectivity index (χ4n) is 3.55. The Kier molecular flexibility index (Phi) is 4.60. The van der Waals surface area contributed by atoms with Gasteiger partial charge in [-0.15, -0.1) is 0 Å². The molecule has 0 saturated carbocycles. The maximum absolute atomic E-state index is 11.4. The van der Waals surface area contributed by atoms with Crippen LogP contribution in [0.5, 0.6) is 0 Å². The molecule has 2 aliphatic rings. The predicted molar refractivity (Wildman–Crippen MR) is 99.0 cm³/mol. The summed E-state index contributed by atoms with van der Waals surface area (Å²) in [4.78, 5) is 16.0. The maximum Gasteiger partial charge on any atom is 0.208 e. The van der Waals surface area contributed by atoms with Crippen LogP contribution in [0.4, 0.5) is 5.82 Å². The molecule has 8 nitrogen and oxygen atoms in total. The Morgan fingerprint density at radius 1 is 1.23 bits per heavy atom. The first-order valence-electron chi connectivity index (χ1n) is 8.73. The van der Waals surface area contributed by atoms with E-state index in [1.807, 2.05) is 12.1 Å². The number of rotatable bonds is 4. The lowest BCUT2D eigenvalue weighted by Gasteiger charge is -2.33. The highest BCUT2D eigenvalue weighted by Crippen LogP contribution is 2.29. The molecule has 9 heteroatoms. The normalized spacial score (nSPS) is 18.1. The molecule has 1 saturated heterocycles. The van der Waals surface area contributed by atoms with E-state index in [2.05, 4.69) is 19.9 Å². The molecule has 2 aliphatic heterocycles. The van der Waals surface area contributed by atoms with E-state index in [9.17, 15) is 8.42 Å². The van der Waals surface area contributed by atoms with Gasteiger partial charge in [-0.2, -0.15) is 0 Å². The summed E-state index contributed by atoms with van der Waals surface area (Å²) in [6, 6.07) is 3.84. The van der Waals surface area contributed by atoms with Crippen LogP contribution < -0.4 is 14.9 Å². The molecule has 4 heterocycles. The van der Waals surface area contributed by atoms with Gasteiger partial charge in [0.25, 0.3) is 0 Å². The summed E-state index contributed by atoms with van der Waals surface area (Å²) in [5, 5.41) is 3.35. The minimum atomic E-state index is -3.17. The molecule has 2 aromatic heterocycles. The third-order valence-corrected chi connectivity index (χ3v) is 5.52. The van der Waals surface area contributed by atoms with Crippen molar-refractivity contribution in [2.75, 3.05) is 24.2 Å². The molecule has 0 aromatic carbocycles. The first-order valence-corrected chi connectivity index (χ1v) is 10.6. The number of hydrogen-bond acceptors (Lipinski definition) is 7. The highest BCUT2D eigenvalue weighted by molar-refractivity contribution is 7.88. The maximum atomic E-state index is 11.4.